The molecule has 1 rings (SSSR count). The molecule has 4 N–H and O–H groups in total. The van der Waals surface area contributed by atoms with E-state index >= 15 is 0 Å². The number of aromatic nitrogens is 1. The van der Waals surface area contributed by atoms with Gasteiger partial charge in [-0.1, -0.05) is 11.6 Å². The largest absolute Gasteiger partial charge is 0.478 e. The maximum absolute atomic E-state index is 10.8. The van der Waals surface area contributed by atoms with Gasteiger partial charge in [-0.3, -0.25) is 4.79 Å². The van der Waals surface area contributed by atoms with E-state index in [1.54, 1.807) is 6.92 Å². The van der Waals surface area contributed by atoms with E-state index in [1.165, 1.54) is 12.1 Å². The zero-order chi connectivity index (χ0) is 13.0. The second-order valence-electron chi connectivity index (χ2n) is 3.58. The third-order valence-corrected chi connectivity index (χ3v) is 2.14. The van der Waals surface area contributed by atoms with Crippen LogP contribution in [0.15, 0.2) is 12.1 Å². The summed E-state index contributed by atoms with van der Waals surface area (Å²) in [6.07, 6.45) is 0.122. The second-order valence-corrected chi connectivity index (χ2v) is 3.97. The Hall–Kier alpha value is -1.82. The minimum absolute atomic E-state index is 0.0266. The van der Waals surface area contributed by atoms with Crippen LogP contribution in [0.5, 0.6) is 0 Å². The number of hydrogen-bond acceptors (Lipinski definition) is 4. The highest BCUT2D eigenvalue weighted by molar-refractivity contribution is 6.29. The fourth-order valence-corrected chi connectivity index (χ4v) is 1.51. The van der Waals surface area contributed by atoms with Gasteiger partial charge < -0.3 is 16.2 Å². The molecule has 0 saturated carbocycles. The molecule has 0 aliphatic heterocycles. The van der Waals surface area contributed by atoms with Crippen molar-refractivity contribution < 1.29 is 14.7 Å². The Bertz CT molecular complexity index is 450. The number of carboxylic acids is 1. The lowest BCUT2D eigenvalue weighted by atomic mass is 10.2. The van der Waals surface area contributed by atoms with Crippen LogP contribution < -0.4 is 11.1 Å². The van der Waals surface area contributed by atoms with E-state index in [4.69, 9.17) is 22.4 Å². The Morgan fingerprint density at radius 3 is 2.76 bits per heavy atom. The molecule has 0 saturated heterocycles. The van der Waals surface area contributed by atoms with Crippen LogP contribution in [0.2, 0.25) is 5.15 Å². The standard InChI is InChI=1S/C10H12ClN3O3/c1-5(2-8(12)15)13-9-4-6(10(16)17)3-7(11)14-9/h3-5H,2H2,1H3,(H2,12,15)(H,13,14)(H,16,17). The number of aromatic carboxylic acids is 1. The highest BCUT2D eigenvalue weighted by Crippen LogP contribution is 2.15. The second kappa shape index (κ2) is 5.49. The van der Waals surface area contributed by atoms with E-state index in [2.05, 4.69) is 10.3 Å². The molecular formula is C10H12ClN3O3. The summed E-state index contributed by atoms with van der Waals surface area (Å²) in [4.78, 5) is 25.4. The van der Waals surface area contributed by atoms with Crippen LogP contribution in [0.1, 0.15) is 23.7 Å². The van der Waals surface area contributed by atoms with Crippen LogP contribution in [-0.4, -0.2) is 28.0 Å². The Morgan fingerprint density at radius 1 is 1.59 bits per heavy atom. The van der Waals surface area contributed by atoms with Gasteiger partial charge in [-0.2, -0.15) is 0 Å². The van der Waals surface area contributed by atoms with Gasteiger partial charge in [0.1, 0.15) is 11.0 Å². The number of pyridine rings is 1. The molecule has 7 heteroatoms. The molecule has 0 aliphatic rings. The smallest absolute Gasteiger partial charge is 0.335 e. The third kappa shape index (κ3) is 4.28. The highest BCUT2D eigenvalue weighted by atomic mass is 35.5. The molecule has 92 valence electrons. The first-order chi connectivity index (χ1) is 7.88. The van der Waals surface area contributed by atoms with Crippen molar-refractivity contribution in [3.63, 3.8) is 0 Å². The fraction of sp³-hybridized carbons (Fsp3) is 0.300. The monoisotopic (exact) mass is 257 g/mol. The molecule has 0 radical (unpaired) electrons. The normalized spacial score (nSPS) is 11.9. The van der Waals surface area contributed by atoms with Crippen molar-refractivity contribution in [3.05, 3.63) is 22.8 Å². The topological polar surface area (TPSA) is 105 Å². The van der Waals surface area contributed by atoms with Gasteiger partial charge in [-0.15, -0.1) is 0 Å². The van der Waals surface area contributed by atoms with Gasteiger partial charge >= 0.3 is 5.97 Å². The zero-order valence-corrected chi connectivity index (χ0v) is 9.86. The van der Waals surface area contributed by atoms with E-state index in [0.29, 0.717) is 5.82 Å². The number of primary amides is 1. The predicted octanol–water partition coefficient (Wildman–Crippen LogP) is 1.11. The zero-order valence-electron chi connectivity index (χ0n) is 9.11. The van der Waals surface area contributed by atoms with E-state index in [-0.39, 0.29) is 23.2 Å². The van der Waals surface area contributed by atoms with Crippen molar-refractivity contribution in [1.82, 2.24) is 4.98 Å². The number of nitrogens with one attached hydrogen (secondary N) is 1. The first kappa shape index (κ1) is 13.2. The molecule has 6 nitrogen and oxygen atoms in total. The van der Waals surface area contributed by atoms with Crippen molar-refractivity contribution in [2.24, 2.45) is 5.73 Å². The maximum atomic E-state index is 10.8. The first-order valence-electron chi connectivity index (χ1n) is 4.84. The number of carbonyl (C=O) groups excluding carboxylic acids is 1. The lowest BCUT2D eigenvalue weighted by Gasteiger charge is -2.13. The van der Waals surface area contributed by atoms with Gasteiger partial charge in [0, 0.05) is 12.5 Å². The van der Waals surface area contributed by atoms with Crippen molar-refractivity contribution in [2.45, 2.75) is 19.4 Å². The molecule has 17 heavy (non-hydrogen) atoms. The molecule has 0 spiro atoms. The van der Waals surface area contributed by atoms with Crippen molar-refractivity contribution >= 4 is 29.3 Å². The van der Waals surface area contributed by atoms with E-state index in [1.807, 2.05) is 0 Å². The Kier molecular flexibility index (Phi) is 4.28. The number of halogens is 1. The van der Waals surface area contributed by atoms with Gasteiger partial charge in [0.05, 0.1) is 5.56 Å². The van der Waals surface area contributed by atoms with Crippen molar-refractivity contribution in [1.29, 1.82) is 0 Å². The van der Waals surface area contributed by atoms with E-state index in [9.17, 15) is 9.59 Å². The number of anilines is 1. The number of nitrogens with two attached hydrogens (primary N) is 1. The van der Waals surface area contributed by atoms with Gasteiger partial charge in [0.25, 0.3) is 0 Å². The quantitative estimate of drug-likeness (QED) is 0.685. The van der Waals surface area contributed by atoms with Crippen LogP contribution in [0.3, 0.4) is 0 Å². The molecule has 0 aliphatic carbocycles. The molecule has 1 amide bonds. The Balaban J connectivity index is 2.84. The lowest BCUT2D eigenvalue weighted by molar-refractivity contribution is -0.118. The van der Waals surface area contributed by atoms with Crippen LogP contribution >= 0.6 is 11.6 Å². The number of nitrogens with zero attached hydrogens (tertiary/aromatic N) is 1. The molecule has 1 unspecified atom stereocenters. The number of amides is 1. The molecule has 0 bridgehead atoms. The minimum atomic E-state index is -1.10. The first-order valence-corrected chi connectivity index (χ1v) is 5.22. The van der Waals surface area contributed by atoms with Crippen LogP contribution in [0, 0.1) is 0 Å². The molecular weight excluding hydrogens is 246 g/mol. The van der Waals surface area contributed by atoms with Gasteiger partial charge in [0.15, 0.2) is 0 Å². The summed E-state index contributed by atoms with van der Waals surface area (Å²) in [6.45, 7) is 1.73. The average molecular weight is 258 g/mol. The molecule has 1 heterocycles. The number of hydrogen-bond donors (Lipinski definition) is 3. The maximum Gasteiger partial charge on any atom is 0.335 e. The number of rotatable bonds is 5. The summed E-state index contributed by atoms with van der Waals surface area (Å²) in [5.74, 6) is -1.26. The molecule has 1 atom stereocenters. The summed E-state index contributed by atoms with van der Waals surface area (Å²) in [5.41, 5.74) is 5.06. The Labute approximate surface area is 103 Å². The molecule has 0 fully saturated rings. The van der Waals surface area contributed by atoms with Gasteiger partial charge in [0.2, 0.25) is 5.91 Å². The lowest BCUT2D eigenvalue weighted by Crippen LogP contribution is -2.24. The SMILES string of the molecule is CC(CC(N)=O)Nc1cc(C(=O)O)cc(Cl)n1. The summed E-state index contributed by atoms with van der Waals surface area (Å²) in [6, 6.07) is 2.33. The highest BCUT2D eigenvalue weighted by Gasteiger charge is 2.10. The summed E-state index contributed by atoms with van der Waals surface area (Å²) in [7, 11) is 0. The van der Waals surface area contributed by atoms with Crippen molar-refractivity contribution in [2.75, 3.05) is 5.32 Å². The van der Waals surface area contributed by atoms with Crippen LogP contribution in [-0.2, 0) is 4.79 Å². The summed E-state index contributed by atoms with van der Waals surface area (Å²) < 4.78 is 0. The van der Waals surface area contributed by atoms with Crippen LogP contribution in [0.4, 0.5) is 5.82 Å². The third-order valence-electron chi connectivity index (χ3n) is 1.94. The predicted molar refractivity (Wildman–Crippen MR) is 63.1 cm³/mol. The number of carboxylic acid groups (broad SMARTS) is 1. The van der Waals surface area contributed by atoms with Gasteiger partial charge in [-0.05, 0) is 19.1 Å². The number of carbonyl (C=O) groups is 2. The summed E-state index contributed by atoms with van der Waals surface area (Å²) >= 11 is 5.68. The Morgan fingerprint density at radius 2 is 2.24 bits per heavy atom. The molecule has 0 aromatic carbocycles. The van der Waals surface area contributed by atoms with E-state index in [0.717, 1.165) is 0 Å². The average Bonchev–Trinajstić information content (AvgIpc) is 2.14. The van der Waals surface area contributed by atoms with Crippen LogP contribution in [0.25, 0.3) is 0 Å². The summed E-state index contributed by atoms with van der Waals surface area (Å²) in [5, 5.41) is 11.7. The van der Waals surface area contributed by atoms with E-state index < -0.39 is 11.9 Å². The fourth-order valence-electron chi connectivity index (χ4n) is 1.30. The van der Waals surface area contributed by atoms with Gasteiger partial charge in [-0.25, -0.2) is 9.78 Å². The minimum Gasteiger partial charge on any atom is -0.478 e. The molecule has 1 aromatic rings. The van der Waals surface area contributed by atoms with Crippen molar-refractivity contribution in [3.8, 4) is 0 Å². The molecule has 1 aromatic heterocycles.